The van der Waals surface area contributed by atoms with Crippen molar-refractivity contribution in [3.63, 3.8) is 0 Å². The molecular weight excluding hydrogens is 186 g/mol. The summed E-state index contributed by atoms with van der Waals surface area (Å²) in [5.41, 5.74) is 1.01. The van der Waals surface area contributed by atoms with Crippen LogP contribution < -0.4 is 10.2 Å². The highest BCUT2D eigenvalue weighted by atomic mass is 15.2. The molecule has 3 nitrogen and oxygen atoms in total. The molecule has 0 unspecified atom stereocenters. The highest BCUT2D eigenvalue weighted by Crippen LogP contribution is 2.20. The van der Waals surface area contributed by atoms with Gasteiger partial charge in [0.2, 0.25) is 0 Å². The second-order valence-electron chi connectivity index (χ2n) is 3.79. The first-order valence-electron chi connectivity index (χ1n) is 5.36. The molecule has 1 saturated heterocycles. The molecule has 78 valence electrons. The molecule has 1 aliphatic rings. The molecule has 1 heterocycles. The standard InChI is InChI=1S/C12H15N3/c13-10-15(11-4-2-1-3-5-11)12-6-8-14-9-7-12/h1-5,12,14H,6-9H2. The maximum Gasteiger partial charge on any atom is 0.184 e. The van der Waals surface area contributed by atoms with Gasteiger partial charge >= 0.3 is 0 Å². The van der Waals surface area contributed by atoms with Gasteiger partial charge in [-0.25, -0.2) is 0 Å². The second-order valence-corrected chi connectivity index (χ2v) is 3.79. The summed E-state index contributed by atoms with van der Waals surface area (Å²) in [6.45, 7) is 2.02. The van der Waals surface area contributed by atoms with Gasteiger partial charge in [0.1, 0.15) is 0 Å². The summed E-state index contributed by atoms with van der Waals surface area (Å²) in [7, 11) is 0. The van der Waals surface area contributed by atoms with Crippen molar-refractivity contribution in [3.8, 4) is 6.19 Å². The molecule has 1 aromatic rings. The number of hydrogen-bond donors (Lipinski definition) is 1. The zero-order valence-electron chi connectivity index (χ0n) is 8.69. The molecule has 2 rings (SSSR count). The Morgan fingerprint density at radius 2 is 1.87 bits per heavy atom. The molecule has 0 atom stereocenters. The molecule has 0 aromatic heterocycles. The fourth-order valence-corrected chi connectivity index (χ4v) is 2.00. The van der Waals surface area contributed by atoms with E-state index in [0.29, 0.717) is 6.04 Å². The zero-order chi connectivity index (χ0) is 10.5. The number of hydrogen-bond acceptors (Lipinski definition) is 3. The van der Waals surface area contributed by atoms with Gasteiger partial charge in [-0.05, 0) is 38.1 Å². The number of benzene rings is 1. The normalized spacial score (nSPS) is 17.0. The molecule has 3 heteroatoms. The maximum atomic E-state index is 9.19. The van der Waals surface area contributed by atoms with E-state index in [0.717, 1.165) is 31.6 Å². The number of para-hydroxylation sites is 1. The van der Waals surface area contributed by atoms with Crippen LogP contribution in [0, 0.1) is 11.5 Å². The Hall–Kier alpha value is -1.53. The van der Waals surface area contributed by atoms with E-state index in [1.807, 2.05) is 35.2 Å². The van der Waals surface area contributed by atoms with Crippen LogP contribution in [0.2, 0.25) is 0 Å². The van der Waals surface area contributed by atoms with Crippen LogP contribution in [-0.2, 0) is 0 Å². The maximum absolute atomic E-state index is 9.19. The number of nitrogens with one attached hydrogen (secondary N) is 1. The molecule has 0 saturated carbocycles. The Labute approximate surface area is 90.3 Å². The fraction of sp³-hybridized carbons (Fsp3) is 0.417. The van der Waals surface area contributed by atoms with Crippen LogP contribution in [0.1, 0.15) is 12.8 Å². The smallest absolute Gasteiger partial charge is 0.184 e. The van der Waals surface area contributed by atoms with E-state index >= 15 is 0 Å². The van der Waals surface area contributed by atoms with Crippen LogP contribution in [-0.4, -0.2) is 19.1 Å². The van der Waals surface area contributed by atoms with Crippen molar-refractivity contribution in [2.45, 2.75) is 18.9 Å². The van der Waals surface area contributed by atoms with Gasteiger partial charge in [-0.2, -0.15) is 5.26 Å². The lowest BCUT2D eigenvalue weighted by molar-refractivity contribution is 0.452. The molecular formula is C12H15N3. The van der Waals surface area contributed by atoms with Crippen LogP contribution in [0.4, 0.5) is 5.69 Å². The number of rotatable bonds is 2. The fourth-order valence-electron chi connectivity index (χ4n) is 2.00. The van der Waals surface area contributed by atoms with Crippen molar-refractivity contribution in [3.05, 3.63) is 30.3 Å². The van der Waals surface area contributed by atoms with Crippen molar-refractivity contribution in [2.24, 2.45) is 0 Å². The predicted molar refractivity (Wildman–Crippen MR) is 60.4 cm³/mol. The Kier molecular flexibility index (Phi) is 3.21. The molecule has 0 amide bonds. The van der Waals surface area contributed by atoms with Crippen LogP contribution in [0.15, 0.2) is 30.3 Å². The molecule has 1 N–H and O–H groups in total. The summed E-state index contributed by atoms with van der Waals surface area (Å²) < 4.78 is 0. The highest BCUT2D eigenvalue weighted by Gasteiger charge is 2.20. The van der Waals surface area contributed by atoms with Crippen molar-refractivity contribution in [1.82, 2.24) is 5.32 Å². The van der Waals surface area contributed by atoms with Crippen molar-refractivity contribution >= 4 is 5.69 Å². The van der Waals surface area contributed by atoms with Gasteiger partial charge in [-0.15, -0.1) is 0 Å². The third kappa shape index (κ3) is 2.28. The van der Waals surface area contributed by atoms with Gasteiger partial charge in [-0.3, -0.25) is 4.90 Å². The third-order valence-corrected chi connectivity index (χ3v) is 2.82. The Bertz CT molecular complexity index is 336. The molecule has 0 spiro atoms. The Morgan fingerprint density at radius 3 is 2.47 bits per heavy atom. The molecule has 15 heavy (non-hydrogen) atoms. The molecule has 1 aliphatic heterocycles. The van der Waals surface area contributed by atoms with E-state index in [2.05, 4.69) is 11.5 Å². The molecule has 0 aliphatic carbocycles. The van der Waals surface area contributed by atoms with Crippen molar-refractivity contribution in [2.75, 3.05) is 18.0 Å². The minimum Gasteiger partial charge on any atom is -0.317 e. The lowest BCUT2D eigenvalue weighted by atomic mass is 10.0. The molecule has 1 fully saturated rings. The lowest BCUT2D eigenvalue weighted by Gasteiger charge is -2.30. The van der Waals surface area contributed by atoms with Gasteiger partial charge in [0.05, 0.1) is 5.69 Å². The average molecular weight is 201 g/mol. The first-order valence-corrected chi connectivity index (χ1v) is 5.36. The summed E-state index contributed by atoms with van der Waals surface area (Å²) >= 11 is 0. The summed E-state index contributed by atoms with van der Waals surface area (Å²) in [4.78, 5) is 1.83. The van der Waals surface area contributed by atoms with Crippen LogP contribution in [0.3, 0.4) is 0 Å². The summed E-state index contributed by atoms with van der Waals surface area (Å²) in [5, 5.41) is 12.5. The second kappa shape index (κ2) is 4.81. The van der Waals surface area contributed by atoms with Crippen molar-refractivity contribution < 1.29 is 0 Å². The van der Waals surface area contributed by atoms with Gasteiger partial charge in [0, 0.05) is 6.04 Å². The number of anilines is 1. The van der Waals surface area contributed by atoms with Crippen LogP contribution in [0.25, 0.3) is 0 Å². The predicted octanol–water partition coefficient (Wildman–Crippen LogP) is 1.73. The molecule has 0 radical (unpaired) electrons. The van der Waals surface area contributed by atoms with Crippen LogP contribution in [0.5, 0.6) is 0 Å². The third-order valence-electron chi connectivity index (χ3n) is 2.82. The largest absolute Gasteiger partial charge is 0.317 e. The van der Waals surface area contributed by atoms with E-state index in [9.17, 15) is 5.26 Å². The van der Waals surface area contributed by atoms with Gasteiger partial charge < -0.3 is 5.32 Å². The van der Waals surface area contributed by atoms with E-state index in [-0.39, 0.29) is 0 Å². The minimum atomic E-state index is 0.360. The van der Waals surface area contributed by atoms with Crippen molar-refractivity contribution in [1.29, 1.82) is 5.26 Å². The summed E-state index contributed by atoms with van der Waals surface area (Å²) in [6, 6.07) is 10.3. The Balaban J connectivity index is 2.14. The number of nitrogens with zero attached hydrogens (tertiary/aromatic N) is 2. The van der Waals surface area contributed by atoms with Gasteiger partial charge in [0.25, 0.3) is 0 Å². The zero-order valence-corrected chi connectivity index (χ0v) is 8.69. The summed E-state index contributed by atoms with van der Waals surface area (Å²) in [5.74, 6) is 0. The van der Waals surface area contributed by atoms with E-state index in [4.69, 9.17) is 0 Å². The number of piperidine rings is 1. The Morgan fingerprint density at radius 1 is 1.20 bits per heavy atom. The topological polar surface area (TPSA) is 39.1 Å². The average Bonchev–Trinajstić information content (AvgIpc) is 2.33. The monoisotopic (exact) mass is 201 g/mol. The SMILES string of the molecule is N#CN(c1ccccc1)C1CCNCC1. The molecule has 0 bridgehead atoms. The van der Waals surface area contributed by atoms with E-state index < -0.39 is 0 Å². The van der Waals surface area contributed by atoms with Gasteiger partial charge in [0.15, 0.2) is 6.19 Å². The van der Waals surface area contributed by atoms with Gasteiger partial charge in [-0.1, -0.05) is 18.2 Å². The van der Waals surface area contributed by atoms with E-state index in [1.54, 1.807) is 0 Å². The number of nitriles is 1. The minimum absolute atomic E-state index is 0.360. The van der Waals surface area contributed by atoms with E-state index in [1.165, 1.54) is 0 Å². The lowest BCUT2D eigenvalue weighted by Crippen LogP contribution is -2.40. The van der Waals surface area contributed by atoms with Crippen LogP contribution >= 0.6 is 0 Å². The first-order chi connectivity index (χ1) is 7.42. The molecule has 1 aromatic carbocycles. The first kappa shape index (κ1) is 10.0. The quantitative estimate of drug-likeness (QED) is 0.585. The highest BCUT2D eigenvalue weighted by molar-refractivity contribution is 5.51. The summed E-state index contributed by atoms with van der Waals surface area (Å²) in [6.07, 6.45) is 4.38.